The summed E-state index contributed by atoms with van der Waals surface area (Å²) >= 11 is 0. The number of carbonyl (C=O) groups is 1. The number of likely N-dealkylation sites (N-methyl/N-ethyl adjacent to an activating group) is 1. The van der Waals surface area contributed by atoms with Crippen LogP contribution in [0.2, 0.25) is 0 Å². The van der Waals surface area contributed by atoms with Gasteiger partial charge in [0.2, 0.25) is 11.8 Å². The lowest BCUT2D eigenvalue weighted by atomic mass is 9.79. The standard InChI is InChI=1S/C14H22F2N2O2/c1-18-8-13(9-18)11(3-5-20-13)2-4-17-12(19)10-6-14(15,16)7-10/h10-11H,2-9H2,1H3,(H,17,19)/t11-/m1/s1. The minimum atomic E-state index is -2.62. The number of nitrogens with one attached hydrogen (secondary N) is 1. The predicted molar refractivity (Wildman–Crippen MR) is 69.6 cm³/mol. The second kappa shape index (κ2) is 4.91. The van der Waals surface area contributed by atoms with Crippen LogP contribution in [0.5, 0.6) is 0 Å². The summed E-state index contributed by atoms with van der Waals surface area (Å²) < 4.78 is 31.3. The monoisotopic (exact) mass is 288 g/mol. The van der Waals surface area contributed by atoms with E-state index in [1.54, 1.807) is 0 Å². The van der Waals surface area contributed by atoms with E-state index in [-0.39, 0.29) is 24.3 Å². The molecule has 114 valence electrons. The van der Waals surface area contributed by atoms with E-state index >= 15 is 0 Å². The molecule has 3 fully saturated rings. The highest BCUT2D eigenvalue weighted by atomic mass is 19.3. The molecule has 20 heavy (non-hydrogen) atoms. The van der Waals surface area contributed by atoms with E-state index in [9.17, 15) is 13.6 Å². The summed E-state index contributed by atoms with van der Waals surface area (Å²) in [6.45, 7) is 3.28. The maximum atomic E-state index is 12.7. The number of likely N-dealkylation sites (tertiary alicyclic amines) is 1. The van der Waals surface area contributed by atoms with Crippen LogP contribution in [0.1, 0.15) is 25.7 Å². The van der Waals surface area contributed by atoms with E-state index in [0.717, 1.165) is 32.5 Å². The Bertz CT molecular complexity index is 389. The Morgan fingerprint density at radius 3 is 2.70 bits per heavy atom. The molecular formula is C14H22F2N2O2. The first-order valence-electron chi connectivity index (χ1n) is 7.38. The van der Waals surface area contributed by atoms with Gasteiger partial charge in [0, 0.05) is 45.0 Å². The van der Waals surface area contributed by atoms with E-state index < -0.39 is 11.8 Å². The van der Waals surface area contributed by atoms with Gasteiger partial charge in [-0.05, 0) is 25.8 Å². The number of halogens is 2. The molecule has 0 aromatic heterocycles. The molecule has 1 spiro atoms. The largest absolute Gasteiger partial charge is 0.372 e. The van der Waals surface area contributed by atoms with Crippen molar-refractivity contribution in [3.63, 3.8) is 0 Å². The summed E-state index contributed by atoms with van der Waals surface area (Å²) in [5.74, 6) is -2.85. The van der Waals surface area contributed by atoms with Crippen LogP contribution in [-0.4, -0.2) is 55.6 Å². The zero-order valence-corrected chi connectivity index (χ0v) is 11.8. The summed E-state index contributed by atoms with van der Waals surface area (Å²) in [7, 11) is 2.07. The second-order valence-corrected chi connectivity index (χ2v) is 6.61. The van der Waals surface area contributed by atoms with Gasteiger partial charge in [-0.3, -0.25) is 4.79 Å². The highest BCUT2D eigenvalue weighted by Crippen LogP contribution is 2.43. The molecule has 0 radical (unpaired) electrons. The number of hydrogen-bond acceptors (Lipinski definition) is 3. The summed E-state index contributed by atoms with van der Waals surface area (Å²) in [5, 5.41) is 2.81. The van der Waals surface area contributed by atoms with Crippen molar-refractivity contribution in [3.8, 4) is 0 Å². The molecule has 1 atom stereocenters. The smallest absolute Gasteiger partial charge is 0.249 e. The molecule has 0 aromatic carbocycles. The second-order valence-electron chi connectivity index (χ2n) is 6.61. The molecule has 2 saturated heterocycles. The summed E-state index contributed by atoms with van der Waals surface area (Å²) in [5.41, 5.74) is -0.0109. The molecule has 6 heteroatoms. The molecule has 1 N–H and O–H groups in total. The van der Waals surface area contributed by atoms with Crippen molar-refractivity contribution in [1.82, 2.24) is 10.2 Å². The Balaban J connectivity index is 1.39. The van der Waals surface area contributed by atoms with E-state index in [1.807, 2.05) is 0 Å². The van der Waals surface area contributed by atoms with Crippen LogP contribution >= 0.6 is 0 Å². The summed E-state index contributed by atoms with van der Waals surface area (Å²) in [6, 6.07) is 0. The van der Waals surface area contributed by atoms with Crippen molar-refractivity contribution in [2.45, 2.75) is 37.2 Å². The van der Waals surface area contributed by atoms with E-state index in [2.05, 4.69) is 17.3 Å². The van der Waals surface area contributed by atoms with Gasteiger partial charge in [0.05, 0.1) is 5.60 Å². The first-order chi connectivity index (χ1) is 9.40. The van der Waals surface area contributed by atoms with Crippen molar-refractivity contribution >= 4 is 5.91 Å². The molecular weight excluding hydrogens is 266 g/mol. The van der Waals surface area contributed by atoms with Gasteiger partial charge in [0.25, 0.3) is 0 Å². The van der Waals surface area contributed by atoms with Gasteiger partial charge >= 0.3 is 0 Å². The fraction of sp³-hybridized carbons (Fsp3) is 0.929. The average molecular weight is 288 g/mol. The van der Waals surface area contributed by atoms with Gasteiger partial charge in [0.15, 0.2) is 0 Å². The van der Waals surface area contributed by atoms with Gasteiger partial charge in [-0.15, -0.1) is 0 Å². The molecule has 0 bridgehead atoms. The van der Waals surface area contributed by atoms with Crippen molar-refractivity contribution in [2.75, 3.05) is 33.3 Å². The Kier molecular flexibility index (Phi) is 3.49. The lowest BCUT2D eigenvalue weighted by molar-refractivity contribution is -0.150. The molecule has 3 aliphatic rings. The number of hydrogen-bond donors (Lipinski definition) is 1. The molecule has 2 aliphatic heterocycles. The third kappa shape index (κ3) is 2.55. The predicted octanol–water partition coefficient (Wildman–Crippen LogP) is 1.26. The van der Waals surface area contributed by atoms with Crippen molar-refractivity contribution < 1.29 is 18.3 Å². The topological polar surface area (TPSA) is 41.6 Å². The number of alkyl halides is 2. The van der Waals surface area contributed by atoms with Crippen molar-refractivity contribution in [2.24, 2.45) is 11.8 Å². The number of amides is 1. The minimum absolute atomic E-state index is 0.0109. The molecule has 1 saturated carbocycles. The van der Waals surface area contributed by atoms with Crippen LogP contribution in [0.4, 0.5) is 8.78 Å². The van der Waals surface area contributed by atoms with Crippen molar-refractivity contribution in [3.05, 3.63) is 0 Å². The van der Waals surface area contributed by atoms with Crippen LogP contribution in [0, 0.1) is 11.8 Å². The Hall–Kier alpha value is -0.750. The maximum Gasteiger partial charge on any atom is 0.249 e. The molecule has 2 heterocycles. The van der Waals surface area contributed by atoms with Gasteiger partial charge in [-0.2, -0.15) is 0 Å². The summed E-state index contributed by atoms with van der Waals surface area (Å²) in [4.78, 5) is 13.9. The number of nitrogens with zero attached hydrogens (tertiary/aromatic N) is 1. The molecule has 4 nitrogen and oxygen atoms in total. The lowest BCUT2D eigenvalue weighted by Crippen LogP contribution is -2.63. The van der Waals surface area contributed by atoms with E-state index in [0.29, 0.717) is 12.5 Å². The van der Waals surface area contributed by atoms with Crippen molar-refractivity contribution in [1.29, 1.82) is 0 Å². The fourth-order valence-electron chi connectivity index (χ4n) is 3.77. The lowest BCUT2D eigenvalue weighted by Gasteiger charge is -2.48. The Morgan fingerprint density at radius 1 is 1.40 bits per heavy atom. The third-order valence-corrected chi connectivity index (χ3v) is 4.93. The number of ether oxygens (including phenoxy) is 1. The van der Waals surface area contributed by atoms with E-state index in [1.165, 1.54) is 0 Å². The van der Waals surface area contributed by atoms with Crippen LogP contribution in [-0.2, 0) is 9.53 Å². The SMILES string of the molecule is CN1CC2(C1)OCC[C@H]2CCNC(=O)C1CC(F)(F)C1. The molecule has 0 aromatic rings. The van der Waals surface area contributed by atoms with Gasteiger partial charge in [-0.1, -0.05) is 0 Å². The zero-order valence-electron chi connectivity index (χ0n) is 11.8. The van der Waals surface area contributed by atoms with Crippen LogP contribution in [0.25, 0.3) is 0 Å². The van der Waals surface area contributed by atoms with Crippen LogP contribution in [0.15, 0.2) is 0 Å². The fourth-order valence-corrected chi connectivity index (χ4v) is 3.77. The highest BCUT2D eigenvalue weighted by Gasteiger charge is 2.51. The summed E-state index contributed by atoms with van der Waals surface area (Å²) in [6.07, 6.45) is 1.33. The van der Waals surface area contributed by atoms with E-state index in [4.69, 9.17) is 4.74 Å². The highest BCUT2D eigenvalue weighted by molar-refractivity contribution is 5.79. The minimum Gasteiger partial charge on any atom is -0.372 e. The Labute approximate surface area is 117 Å². The van der Waals surface area contributed by atoms with Crippen LogP contribution < -0.4 is 5.32 Å². The molecule has 1 aliphatic carbocycles. The van der Waals surface area contributed by atoms with Gasteiger partial charge in [0.1, 0.15) is 0 Å². The number of carbonyl (C=O) groups excluding carboxylic acids is 1. The first kappa shape index (κ1) is 14.2. The molecule has 0 unspecified atom stereocenters. The van der Waals surface area contributed by atoms with Gasteiger partial charge in [-0.25, -0.2) is 8.78 Å². The van der Waals surface area contributed by atoms with Gasteiger partial charge < -0.3 is 15.0 Å². The molecule has 3 rings (SSSR count). The Morgan fingerprint density at radius 2 is 2.10 bits per heavy atom. The molecule has 1 amide bonds. The number of rotatable bonds is 4. The average Bonchev–Trinajstić information content (AvgIpc) is 2.69. The van der Waals surface area contributed by atoms with Crippen LogP contribution in [0.3, 0.4) is 0 Å². The maximum absolute atomic E-state index is 12.7. The first-order valence-corrected chi connectivity index (χ1v) is 7.38. The normalized spacial score (nSPS) is 31.9. The quantitative estimate of drug-likeness (QED) is 0.847. The zero-order chi connectivity index (χ0) is 14.4. The third-order valence-electron chi connectivity index (χ3n) is 4.93.